The van der Waals surface area contributed by atoms with Gasteiger partial charge in [0.25, 0.3) is 0 Å². The Morgan fingerprint density at radius 2 is 2.24 bits per heavy atom. The maximum atomic E-state index is 13.8. The molecular formula is C12H10FNOS2. The van der Waals surface area contributed by atoms with E-state index in [0.29, 0.717) is 16.3 Å². The predicted octanol–water partition coefficient (Wildman–Crippen LogP) is 3.87. The molecule has 88 valence electrons. The van der Waals surface area contributed by atoms with E-state index in [1.807, 2.05) is 12.3 Å². The van der Waals surface area contributed by atoms with Crippen molar-refractivity contribution in [3.8, 4) is 10.6 Å². The average Bonchev–Trinajstić information content (AvgIpc) is 2.77. The SMILES string of the molecule is CSc1cccc(F)c1-c1nc(C(C)=O)cs1. The lowest BCUT2D eigenvalue weighted by molar-refractivity contribution is 0.101. The van der Waals surface area contributed by atoms with Crippen molar-refractivity contribution in [3.63, 3.8) is 0 Å². The number of rotatable bonds is 3. The first kappa shape index (κ1) is 12.3. The van der Waals surface area contributed by atoms with Crippen LogP contribution >= 0.6 is 23.1 Å². The van der Waals surface area contributed by atoms with Gasteiger partial charge in [-0.2, -0.15) is 0 Å². The molecule has 1 aromatic carbocycles. The van der Waals surface area contributed by atoms with Gasteiger partial charge in [-0.3, -0.25) is 4.79 Å². The lowest BCUT2D eigenvalue weighted by Crippen LogP contribution is -1.93. The van der Waals surface area contributed by atoms with E-state index in [1.54, 1.807) is 11.4 Å². The van der Waals surface area contributed by atoms with Gasteiger partial charge in [0.15, 0.2) is 5.78 Å². The Bertz CT molecular complexity index is 565. The minimum absolute atomic E-state index is 0.102. The molecule has 0 aliphatic heterocycles. The monoisotopic (exact) mass is 267 g/mol. The van der Waals surface area contributed by atoms with Crippen LogP contribution in [0.25, 0.3) is 10.6 Å². The number of ketones is 1. The molecule has 0 bridgehead atoms. The van der Waals surface area contributed by atoms with Gasteiger partial charge in [-0.05, 0) is 18.4 Å². The summed E-state index contributed by atoms with van der Waals surface area (Å²) in [6.07, 6.45) is 1.89. The van der Waals surface area contributed by atoms with Gasteiger partial charge < -0.3 is 0 Å². The first-order valence-corrected chi connectivity index (χ1v) is 7.03. The fourth-order valence-corrected chi connectivity index (χ4v) is 3.03. The average molecular weight is 267 g/mol. The minimum atomic E-state index is -0.304. The van der Waals surface area contributed by atoms with Crippen LogP contribution in [0.15, 0.2) is 28.5 Å². The van der Waals surface area contributed by atoms with E-state index >= 15 is 0 Å². The number of carbonyl (C=O) groups excluding carboxylic acids is 1. The zero-order chi connectivity index (χ0) is 12.4. The smallest absolute Gasteiger partial charge is 0.178 e. The van der Waals surface area contributed by atoms with Crippen molar-refractivity contribution in [2.45, 2.75) is 11.8 Å². The number of Topliss-reactive ketones (excluding diaryl/α,β-unsaturated/α-hetero) is 1. The summed E-state index contributed by atoms with van der Waals surface area (Å²) in [6.45, 7) is 1.45. The van der Waals surface area contributed by atoms with Crippen molar-refractivity contribution in [1.29, 1.82) is 0 Å². The molecule has 17 heavy (non-hydrogen) atoms. The fourth-order valence-electron chi connectivity index (χ4n) is 1.43. The van der Waals surface area contributed by atoms with E-state index in [2.05, 4.69) is 4.98 Å². The molecule has 1 aromatic heterocycles. The Balaban J connectivity index is 2.55. The van der Waals surface area contributed by atoms with Gasteiger partial charge in [0.05, 0.1) is 5.56 Å². The summed E-state index contributed by atoms with van der Waals surface area (Å²) in [5.74, 6) is -0.407. The Morgan fingerprint density at radius 1 is 1.47 bits per heavy atom. The molecule has 0 aliphatic rings. The van der Waals surface area contributed by atoms with E-state index in [1.165, 1.54) is 36.1 Å². The molecule has 1 heterocycles. The molecule has 0 aliphatic carbocycles. The second-order valence-electron chi connectivity index (χ2n) is 3.41. The molecule has 0 fully saturated rings. The second-order valence-corrected chi connectivity index (χ2v) is 5.12. The van der Waals surface area contributed by atoms with Gasteiger partial charge in [-0.25, -0.2) is 9.37 Å². The van der Waals surface area contributed by atoms with Crippen LogP contribution in [0, 0.1) is 5.82 Å². The number of halogens is 1. The van der Waals surface area contributed by atoms with Crippen LogP contribution in [0.4, 0.5) is 4.39 Å². The van der Waals surface area contributed by atoms with E-state index in [0.717, 1.165) is 4.90 Å². The molecule has 0 unspecified atom stereocenters. The number of benzene rings is 1. The normalized spacial score (nSPS) is 10.5. The highest BCUT2D eigenvalue weighted by atomic mass is 32.2. The van der Waals surface area contributed by atoms with Crippen LogP contribution in [0.2, 0.25) is 0 Å². The van der Waals surface area contributed by atoms with Crippen molar-refractivity contribution < 1.29 is 9.18 Å². The highest BCUT2D eigenvalue weighted by molar-refractivity contribution is 7.98. The third-order valence-corrected chi connectivity index (χ3v) is 3.91. The highest BCUT2D eigenvalue weighted by Crippen LogP contribution is 2.34. The second kappa shape index (κ2) is 4.98. The Kier molecular flexibility index (Phi) is 3.59. The maximum absolute atomic E-state index is 13.8. The fraction of sp³-hybridized carbons (Fsp3) is 0.167. The zero-order valence-electron chi connectivity index (χ0n) is 9.36. The molecule has 5 heteroatoms. The molecule has 0 saturated carbocycles. The predicted molar refractivity (Wildman–Crippen MR) is 69.3 cm³/mol. The van der Waals surface area contributed by atoms with E-state index in [4.69, 9.17) is 0 Å². The van der Waals surface area contributed by atoms with Gasteiger partial charge in [0.2, 0.25) is 0 Å². The summed E-state index contributed by atoms with van der Waals surface area (Å²) in [5, 5.41) is 2.21. The van der Waals surface area contributed by atoms with Gasteiger partial charge in [0, 0.05) is 17.2 Å². The molecule has 2 rings (SSSR count). The molecular weight excluding hydrogens is 257 g/mol. The lowest BCUT2D eigenvalue weighted by atomic mass is 10.2. The van der Waals surface area contributed by atoms with E-state index in [9.17, 15) is 9.18 Å². The number of aromatic nitrogens is 1. The molecule has 0 atom stereocenters. The third kappa shape index (κ3) is 2.40. The van der Waals surface area contributed by atoms with E-state index in [-0.39, 0.29) is 11.6 Å². The standard InChI is InChI=1S/C12H10FNOS2/c1-7(15)9-6-17-12(14-9)11-8(13)4-3-5-10(11)16-2/h3-6H,1-2H3. The molecule has 0 radical (unpaired) electrons. The largest absolute Gasteiger partial charge is 0.293 e. The molecule has 0 amide bonds. The third-order valence-electron chi connectivity index (χ3n) is 2.27. The van der Waals surface area contributed by atoms with Gasteiger partial charge in [-0.1, -0.05) is 6.07 Å². The Hall–Kier alpha value is -1.20. The summed E-state index contributed by atoms with van der Waals surface area (Å²) in [6, 6.07) is 4.92. The zero-order valence-corrected chi connectivity index (χ0v) is 11.0. The number of nitrogens with zero attached hydrogens (tertiary/aromatic N) is 1. The van der Waals surface area contributed by atoms with Crippen LogP contribution in [-0.4, -0.2) is 17.0 Å². The molecule has 0 spiro atoms. The highest BCUT2D eigenvalue weighted by Gasteiger charge is 2.15. The number of thioether (sulfide) groups is 1. The van der Waals surface area contributed by atoms with Crippen LogP contribution in [0.5, 0.6) is 0 Å². The van der Waals surface area contributed by atoms with Crippen LogP contribution in [0.1, 0.15) is 17.4 Å². The molecule has 2 aromatic rings. The quantitative estimate of drug-likeness (QED) is 0.624. The first-order valence-electron chi connectivity index (χ1n) is 4.93. The summed E-state index contributed by atoms with van der Waals surface area (Å²) in [4.78, 5) is 16.2. The molecule has 0 N–H and O–H groups in total. The molecule has 0 saturated heterocycles. The van der Waals surface area contributed by atoms with Crippen molar-refractivity contribution in [3.05, 3.63) is 35.1 Å². The summed E-state index contributed by atoms with van der Waals surface area (Å²) in [7, 11) is 0. The number of carbonyl (C=O) groups is 1. The topological polar surface area (TPSA) is 30.0 Å². The van der Waals surface area contributed by atoms with Gasteiger partial charge >= 0.3 is 0 Å². The van der Waals surface area contributed by atoms with Crippen molar-refractivity contribution in [2.24, 2.45) is 0 Å². The first-order chi connectivity index (χ1) is 8.13. The van der Waals surface area contributed by atoms with Gasteiger partial charge in [0.1, 0.15) is 16.5 Å². The van der Waals surface area contributed by atoms with E-state index < -0.39 is 0 Å². The maximum Gasteiger partial charge on any atom is 0.178 e. The Morgan fingerprint density at radius 3 is 2.82 bits per heavy atom. The van der Waals surface area contributed by atoms with Crippen LogP contribution in [-0.2, 0) is 0 Å². The number of thiazole rings is 1. The Labute approximate surface area is 107 Å². The number of hydrogen-bond donors (Lipinski definition) is 0. The summed E-state index contributed by atoms with van der Waals surface area (Å²) >= 11 is 2.75. The lowest BCUT2D eigenvalue weighted by Gasteiger charge is -2.04. The summed E-state index contributed by atoms with van der Waals surface area (Å²) in [5.41, 5.74) is 0.873. The van der Waals surface area contributed by atoms with Crippen molar-refractivity contribution in [1.82, 2.24) is 4.98 Å². The summed E-state index contributed by atoms with van der Waals surface area (Å²) < 4.78 is 13.8. The van der Waals surface area contributed by atoms with Crippen LogP contribution < -0.4 is 0 Å². The van der Waals surface area contributed by atoms with Crippen LogP contribution in [0.3, 0.4) is 0 Å². The molecule has 2 nitrogen and oxygen atoms in total. The minimum Gasteiger partial charge on any atom is -0.293 e. The van der Waals surface area contributed by atoms with Gasteiger partial charge in [-0.15, -0.1) is 23.1 Å². The van der Waals surface area contributed by atoms with Crippen molar-refractivity contribution >= 4 is 28.9 Å². The van der Waals surface area contributed by atoms with Crippen molar-refractivity contribution in [2.75, 3.05) is 6.26 Å². The number of hydrogen-bond acceptors (Lipinski definition) is 4.